The van der Waals surface area contributed by atoms with Gasteiger partial charge in [0.1, 0.15) is 0 Å². The summed E-state index contributed by atoms with van der Waals surface area (Å²) in [4.78, 5) is 21.8. The van der Waals surface area contributed by atoms with E-state index in [-0.39, 0.29) is 18.0 Å². The average molecular weight is 542 g/mol. The van der Waals surface area contributed by atoms with Crippen LogP contribution in [-0.2, 0) is 9.53 Å². The van der Waals surface area contributed by atoms with Crippen LogP contribution in [0.4, 0.5) is 0 Å². The van der Waals surface area contributed by atoms with Gasteiger partial charge in [0.25, 0.3) is 0 Å². The maximum Gasteiger partial charge on any atom is 0.239 e. The summed E-state index contributed by atoms with van der Waals surface area (Å²) in [6.07, 6.45) is 19.5. The van der Waals surface area contributed by atoms with Crippen molar-refractivity contribution in [2.24, 2.45) is 21.5 Å². The summed E-state index contributed by atoms with van der Waals surface area (Å²) < 4.78 is 5.41. The van der Waals surface area contributed by atoms with Crippen molar-refractivity contribution in [2.45, 2.75) is 71.0 Å². The van der Waals surface area contributed by atoms with E-state index in [1.807, 2.05) is 45.2 Å². The van der Waals surface area contributed by atoms with Gasteiger partial charge in [0.15, 0.2) is 0 Å². The van der Waals surface area contributed by atoms with Crippen LogP contribution in [0.5, 0.6) is 0 Å². The second-order valence-electron chi connectivity index (χ2n) is 8.96. The van der Waals surface area contributed by atoms with E-state index in [1.54, 1.807) is 24.1 Å². The molecule has 0 radical (unpaired) electrons. The number of ether oxygens (including phenoxy) is 1. The monoisotopic (exact) mass is 541 g/mol. The first-order valence-corrected chi connectivity index (χ1v) is 13.8. The normalized spacial score (nSPS) is 18.1. The van der Waals surface area contributed by atoms with Crippen LogP contribution in [0.25, 0.3) is 0 Å². The third kappa shape index (κ3) is 15.6. The first-order chi connectivity index (χ1) is 18.8. The van der Waals surface area contributed by atoms with E-state index < -0.39 is 6.04 Å². The first-order valence-electron chi connectivity index (χ1n) is 13.8. The van der Waals surface area contributed by atoms with Crippen LogP contribution in [-0.4, -0.2) is 80.5 Å². The number of likely N-dealkylation sites (N-methyl/N-ethyl adjacent to an activating group) is 1. The van der Waals surface area contributed by atoms with Crippen molar-refractivity contribution in [1.29, 1.82) is 5.41 Å². The smallest absolute Gasteiger partial charge is 0.239 e. The van der Waals surface area contributed by atoms with Crippen LogP contribution < -0.4 is 16.8 Å². The molecule has 9 nitrogen and oxygen atoms in total. The number of carbonyl (C=O) groups excluding carboxylic acids is 1. The van der Waals surface area contributed by atoms with Gasteiger partial charge in [-0.15, -0.1) is 0 Å². The molecule has 2 rings (SSSR count). The molecule has 6 N–H and O–H groups in total. The van der Waals surface area contributed by atoms with E-state index >= 15 is 0 Å². The highest BCUT2D eigenvalue weighted by molar-refractivity contribution is 5.88. The molecule has 2 heterocycles. The summed E-state index contributed by atoms with van der Waals surface area (Å²) in [5.74, 6) is 0.720. The molecule has 0 saturated heterocycles. The number of rotatable bonds is 12. The van der Waals surface area contributed by atoms with Gasteiger partial charge in [-0.2, -0.15) is 0 Å². The minimum Gasteiger partial charge on any atom is -0.478 e. The van der Waals surface area contributed by atoms with E-state index in [2.05, 4.69) is 34.5 Å². The number of aliphatic imine (C=N–C) groups is 2. The maximum atomic E-state index is 11.6. The van der Waals surface area contributed by atoms with Gasteiger partial charge >= 0.3 is 0 Å². The molecule has 0 bridgehead atoms. The largest absolute Gasteiger partial charge is 0.478 e. The molecule has 2 unspecified atom stereocenters. The fourth-order valence-corrected chi connectivity index (χ4v) is 3.62. The number of nitrogens with zero attached hydrogens (tertiary/aromatic N) is 3. The number of carbonyl (C=O) groups is 1. The van der Waals surface area contributed by atoms with Gasteiger partial charge in [-0.1, -0.05) is 44.4 Å². The Morgan fingerprint density at radius 2 is 2.15 bits per heavy atom. The second kappa shape index (κ2) is 22.7. The van der Waals surface area contributed by atoms with Gasteiger partial charge in [-0.05, 0) is 44.8 Å². The number of allylic oxidation sites excluding steroid dienone is 5. The SMILES string of the molecule is C=C(C=N)C1CCC=CC=N1.C=C/C=C\C/C(=C\C1=NCCCO1)NC.CC[C@@H](CN)N(CC)C(=O)C(C)N. The van der Waals surface area contributed by atoms with E-state index in [1.165, 1.54) is 6.21 Å². The van der Waals surface area contributed by atoms with Gasteiger partial charge in [-0.25, -0.2) is 0 Å². The molecule has 0 spiro atoms. The van der Waals surface area contributed by atoms with Gasteiger partial charge in [0.05, 0.1) is 18.7 Å². The lowest BCUT2D eigenvalue weighted by molar-refractivity contribution is -0.134. The minimum atomic E-state index is -0.430. The lowest BCUT2D eigenvalue weighted by Gasteiger charge is -2.30. The van der Waals surface area contributed by atoms with Crippen LogP contribution in [0.3, 0.4) is 0 Å². The fourth-order valence-electron chi connectivity index (χ4n) is 3.62. The van der Waals surface area contributed by atoms with Crippen LogP contribution in [0.15, 0.2) is 70.9 Å². The predicted octanol–water partition coefficient (Wildman–Crippen LogP) is 3.94. The lowest BCUT2D eigenvalue weighted by atomic mass is 10.1. The lowest BCUT2D eigenvalue weighted by Crippen LogP contribution is -2.49. The zero-order valence-electron chi connectivity index (χ0n) is 24.4. The van der Waals surface area contributed by atoms with Crippen molar-refractivity contribution >= 4 is 24.2 Å². The quantitative estimate of drug-likeness (QED) is 0.219. The van der Waals surface area contributed by atoms with Crippen LogP contribution >= 0.6 is 0 Å². The highest BCUT2D eigenvalue weighted by Gasteiger charge is 2.21. The Kier molecular flexibility index (Phi) is 20.7. The molecule has 9 heteroatoms. The van der Waals surface area contributed by atoms with Gasteiger partial charge in [0.2, 0.25) is 11.8 Å². The Balaban J connectivity index is 0.000000562. The number of hydrogen-bond donors (Lipinski definition) is 4. The van der Waals surface area contributed by atoms with Crippen molar-refractivity contribution in [3.05, 3.63) is 60.9 Å². The molecular formula is C30H51N7O2. The zero-order valence-corrected chi connectivity index (χ0v) is 24.4. The maximum absolute atomic E-state index is 11.6. The van der Waals surface area contributed by atoms with E-state index in [0.717, 1.165) is 62.4 Å². The molecule has 0 aromatic heterocycles. The molecular weight excluding hydrogens is 490 g/mol. The third-order valence-corrected chi connectivity index (χ3v) is 5.95. The summed E-state index contributed by atoms with van der Waals surface area (Å²) in [7, 11) is 1.90. The Bertz CT molecular complexity index is 884. The summed E-state index contributed by atoms with van der Waals surface area (Å²) in [5.41, 5.74) is 13.0. The molecule has 0 aromatic carbocycles. The minimum absolute atomic E-state index is 0.0141. The molecule has 2 aliphatic rings. The number of nitrogens with two attached hydrogens (primary N) is 2. The predicted molar refractivity (Wildman–Crippen MR) is 167 cm³/mol. The second-order valence-corrected chi connectivity index (χ2v) is 8.96. The number of nitrogens with one attached hydrogen (secondary N) is 2. The molecule has 0 fully saturated rings. The Hall–Kier alpha value is -3.30. The molecule has 1 amide bonds. The van der Waals surface area contributed by atoms with Crippen LogP contribution in [0.1, 0.15) is 52.9 Å². The molecule has 0 saturated carbocycles. The molecule has 2 aliphatic heterocycles. The zero-order chi connectivity index (χ0) is 29.5. The Morgan fingerprint density at radius 3 is 2.67 bits per heavy atom. The average Bonchev–Trinajstić information content (AvgIpc) is 3.25. The summed E-state index contributed by atoms with van der Waals surface area (Å²) in [5, 5.41) is 10.1. The third-order valence-electron chi connectivity index (χ3n) is 5.95. The first kappa shape index (κ1) is 35.7. The standard InChI is InChI=1S/C12H18N2O.C9H21N3O.C9H12N2/c1-3-4-5-7-11(13-2)10-12-14-8-6-9-15-12;1-4-8(6-10)12(5-2)9(13)7(3)11;1-8(7-10)9-5-3-2-4-6-11-9/h3-5,10,13H,1,6-9H2,2H3;7-8H,4-6,10-11H2,1-3H3;2,4,6-7,9-10H,1,3,5H2/b5-4-,11-10+;;/t;7?,8-;/m.0./s1. The summed E-state index contributed by atoms with van der Waals surface area (Å²) in [6, 6.07) is -0.174. The Morgan fingerprint density at radius 1 is 1.41 bits per heavy atom. The van der Waals surface area contributed by atoms with Crippen molar-refractivity contribution in [3.63, 3.8) is 0 Å². The highest BCUT2D eigenvalue weighted by atomic mass is 16.5. The van der Waals surface area contributed by atoms with E-state index in [4.69, 9.17) is 21.6 Å². The van der Waals surface area contributed by atoms with Crippen molar-refractivity contribution in [3.8, 4) is 0 Å². The van der Waals surface area contributed by atoms with Crippen LogP contribution in [0, 0.1) is 5.41 Å². The van der Waals surface area contributed by atoms with Crippen molar-refractivity contribution < 1.29 is 9.53 Å². The van der Waals surface area contributed by atoms with Crippen molar-refractivity contribution in [2.75, 3.05) is 33.3 Å². The molecule has 218 valence electrons. The fraction of sp³-hybridized carbons (Fsp3) is 0.533. The van der Waals surface area contributed by atoms with Gasteiger partial charge < -0.3 is 31.8 Å². The highest BCUT2D eigenvalue weighted by Crippen LogP contribution is 2.11. The summed E-state index contributed by atoms with van der Waals surface area (Å²) in [6.45, 7) is 15.9. The van der Waals surface area contributed by atoms with Gasteiger partial charge in [-0.3, -0.25) is 14.8 Å². The van der Waals surface area contributed by atoms with E-state index in [0.29, 0.717) is 13.1 Å². The molecule has 39 heavy (non-hydrogen) atoms. The van der Waals surface area contributed by atoms with Crippen molar-refractivity contribution in [1.82, 2.24) is 10.2 Å². The number of hydrogen-bond acceptors (Lipinski definition) is 8. The molecule has 0 aliphatic carbocycles. The molecule has 0 aromatic rings. The van der Waals surface area contributed by atoms with Crippen LogP contribution in [0.2, 0.25) is 0 Å². The Labute approximate surface area is 236 Å². The number of amides is 1. The summed E-state index contributed by atoms with van der Waals surface area (Å²) >= 11 is 0. The molecule has 3 atom stereocenters. The topological polar surface area (TPSA) is 142 Å². The van der Waals surface area contributed by atoms with E-state index in [9.17, 15) is 4.79 Å². The van der Waals surface area contributed by atoms with Gasteiger partial charge in [0, 0.05) is 69.8 Å².